The lowest BCUT2D eigenvalue weighted by molar-refractivity contribution is -0.385. The third kappa shape index (κ3) is 6.14. The Morgan fingerprint density at radius 3 is 2.75 bits per heavy atom. The first-order valence-electron chi connectivity index (χ1n) is 5.71. The summed E-state index contributed by atoms with van der Waals surface area (Å²) in [4.78, 5) is 35.4. The third-order valence-electron chi connectivity index (χ3n) is 2.17. The van der Waals surface area contributed by atoms with E-state index in [9.17, 15) is 19.7 Å². The zero-order chi connectivity index (χ0) is 15.0. The van der Waals surface area contributed by atoms with E-state index in [4.69, 9.17) is 5.11 Å². The standard InChI is InChI=1S/C11H13N3O5S/c15-9(12-5-1-2-11(16)17)7-20-10-4-3-8(6-13-10)14(18)19/h3-4,6H,1-2,5,7H2,(H,12,15)(H,16,17). The number of rotatable bonds is 8. The van der Waals surface area contributed by atoms with E-state index in [1.54, 1.807) is 0 Å². The summed E-state index contributed by atoms with van der Waals surface area (Å²) in [6, 6.07) is 2.79. The summed E-state index contributed by atoms with van der Waals surface area (Å²) in [7, 11) is 0. The zero-order valence-corrected chi connectivity index (χ0v) is 11.3. The summed E-state index contributed by atoms with van der Waals surface area (Å²) in [5.41, 5.74) is -0.104. The van der Waals surface area contributed by atoms with E-state index >= 15 is 0 Å². The molecule has 1 aromatic heterocycles. The van der Waals surface area contributed by atoms with Gasteiger partial charge < -0.3 is 10.4 Å². The van der Waals surface area contributed by atoms with Gasteiger partial charge in [-0.1, -0.05) is 11.8 Å². The van der Waals surface area contributed by atoms with E-state index < -0.39 is 10.9 Å². The van der Waals surface area contributed by atoms with Crippen molar-refractivity contribution in [2.24, 2.45) is 0 Å². The normalized spacial score (nSPS) is 10.0. The molecule has 0 fully saturated rings. The monoisotopic (exact) mass is 299 g/mol. The van der Waals surface area contributed by atoms with Gasteiger partial charge in [-0.25, -0.2) is 4.98 Å². The van der Waals surface area contributed by atoms with Gasteiger partial charge in [0.1, 0.15) is 6.20 Å². The van der Waals surface area contributed by atoms with Crippen LogP contribution in [-0.4, -0.2) is 39.2 Å². The van der Waals surface area contributed by atoms with Gasteiger partial charge in [-0.3, -0.25) is 19.7 Å². The number of carbonyl (C=O) groups is 2. The number of pyridine rings is 1. The lowest BCUT2D eigenvalue weighted by Gasteiger charge is -2.03. The fourth-order valence-electron chi connectivity index (χ4n) is 1.22. The van der Waals surface area contributed by atoms with Gasteiger partial charge in [-0.2, -0.15) is 0 Å². The Bertz CT molecular complexity index is 491. The van der Waals surface area contributed by atoms with Crippen LogP contribution >= 0.6 is 11.8 Å². The highest BCUT2D eigenvalue weighted by molar-refractivity contribution is 7.99. The number of aliphatic carboxylic acids is 1. The number of amides is 1. The molecule has 0 aliphatic heterocycles. The van der Waals surface area contributed by atoms with Crippen molar-refractivity contribution in [3.63, 3.8) is 0 Å². The summed E-state index contributed by atoms with van der Waals surface area (Å²) in [6.45, 7) is 0.305. The number of nitro groups is 1. The minimum atomic E-state index is -0.899. The minimum absolute atomic E-state index is 0.0112. The summed E-state index contributed by atoms with van der Waals surface area (Å²) >= 11 is 1.15. The average molecular weight is 299 g/mol. The van der Waals surface area contributed by atoms with Gasteiger partial charge in [0.15, 0.2) is 0 Å². The number of aromatic nitrogens is 1. The second-order valence-corrected chi connectivity index (χ2v) is 4.74. The first kappa shape index (κ1) is 15.9. The molecule has 0 radical (unpaired) electrons. The van der Waals surface area contributed by atoms with Crippen LogP contribution in [0.15, 0.2) is 23.4 Å². The molecule has 0 aromatic carbocycles. The van der Waals surface area contributed by atoms with Crippen LogP contribution in [0, 0.1) is 10.1 Å². The lowest BCUT2D eigenvalue weighted by Crippen LogP contribution is -2.26. The van der Waals surface area contributed by atoms with E-state index in [0.717, 1.165) is 18.0 Å². The third-order valence-corrected chi connectivity index (χ3v) is 3.12. The van der Waals surface area contributed by atoms with Crippen molar-refractivity contribution >= 4 is 29.3 Å². The fraction of sp³-hybridized carbons (Fsp3) is 0.364. The maximum Gasteiger partial charge on any atom is 0.303 e. The quantitative estimate of drug-likeness (QED) is 0.318. The molecule has 0 bridgehead atoms. The van der Waals surface area contributed by atoms with Crippen molar-refractivity contribution in [3.8, 4) is 0 Å². The molecule has 0 atom stereocenters. The Kier molecular flexibility index (Phi) is 6.44. The molecular weight excluding hydrogens is 286 g/mol. The summed E-state index contributed by atoms with van der Waals surface area (Å²) < 4.78 is 0. The van der Waals surface area contributed by atoms with Crippen molar-refractivity contribution in [2.75, 3.05) is 12.3 Å². The summed E-state index contributed by atoms with van der Waals surface area (Å²) in [6.07, 6.45) is 1.52. The predicted octanol–water partition coefficient (Wildman–Crippen LogP) is 1.06. The number of thioether (sulfide) groups is 1. The van der Waals surface area contributed by atoms with Crippen LogP contribution in [0.4, 0.5) is 5.69 Å². The Morgan fingerprint density at radius 1 is 1.45 bits per heavy atom. The highest BCUT2D eigenvalue weighted by Crippen LogP contribution is 2.17. The van der Waals surface area contributed by atoms with Gasteiger partial charge in [0.2, 0.25) is 5.91 Å². The Hall–Kier alpha value is -2.16. The number of nitrogens with zero attached hydrogens (tertiary/aromatic N) is 2. The van der Waals surface area contributed by atoms with Crippen molar-refractivity contribution < 1.29 is 19.6 Å². The number of carboxylic acids is 1. The van der Waals surface area contributed by atoms with Gasteiger partial charge in [0.25, 0.3) is 5.69 Å². The lowest BCUT2D eigenvalue weighted by atomic mass is 10.3. The molecule has 1 heterocycles. The second kappa shape index (κ2) is 8.10. The Balaban J connectivity index is 2.26. The van der Waals surface area contributed by atoms with Crippen LogP contribution in [0.1, 0.15) is 12.8 Å². The van der Waals surface area contributed by atoms with Crippen LogP contribution in [0.5, 0.6) is 0 Å². The van der Waals surface area contributed by atoms with Crippen LogP contribution in [0.2, 0.25) is 0 Å². The van der Waals surface area contributed by atoms with Crippen molar-refractivity contribution in [1.82, 2.24) is 10.3 Å². The highest BCUT2D eigenvalue weighted by Gasteiger charge is 2.07. The van der Waals surface area contributed by atoms with Gasteiger partial charge in [0.05, 0.1) is 15.7 Å². The largest absolute Gasteiger partial charge is 0.481 e. The molecule has 0 aliphatic rings. The fourth-order valence-corrected chi connectivity index (χ4v) is 1.90. The molecule has 0 saturated carbocycles. The number of hydrogen-bond donors (Lipinski definition) is 2. The molecule has 0 saturated heterocycles. The summed E-state index contributed by atoms with van der Waals surface area (Å²) in [5, 5.41) is 21.9. The van der Waals surface area contributed by atoms with Gasteiger partial charge in [-0.05, 0) is 12.5 Å². The smallest absolute Gasteiger partial charge is 0.303 e. The van der Waals surface area contributed by atoms with E-state index in [-0.39, 0.29) is 23.8 Å². The van der Waals surface area contributed by atoms with Crippen LogP contribution < -0.4 is 5.32 Å². The molecule has 108 valence electrons. The SMILES string of the molecule is O=C(O)CCCNC(=O)CSc1ccc([N+](=O)[O-])cn1. The van der Waals surface area contributed by atoms with Gasteiger partial charge in [0, 0.05) is 19.0 Å². The molecule has 20 heavy (non-hydrogen) atoms. The number of nitrogens with one attached hydrogen (secondary N) is 1. The van der Waals surface area contributed by atoms with Crippen molar-refractivity contribution in [2.45, 2.75) is 17.9 Å². The Morgan fingerprint density at radius 2 is 2.20 bits per heavy atom. The molecule has 8 nitrogen and oxygen atoms in total. The number of carbonyl (C=O) groups excluding carboxylic acids is 1. The van der Waals surface area contributed by atoms with Crippen LogP contribution in [0.3, 0.4) is 0 Å². The zero-order valence-electron chi connectivity index (χ0n) is 10.4. The van der Waals surface area contributed by atoms with Gasteiger partial charge >= 0.3 is 5.97 Å². The molecule has 1 amide bonds. The van der Waals surface area contributed by atoms with Crippen molar-refractivity contribution in [3.05, 3.63) is 28.4 Å². The van der Waals surface area contributed by atoms with E-state index in [2.05, 4.69) is 10.3 Å². The molecule has 1 rings (SSSR count). The highest BCUT2D eigenvalue weighted by atomic mass is 32.2. The van der Waals surface area contributed by atoms with E-state index in [1.807, 2.05) is 0 Å². The van der Waals surface area contributed by atoms with Gasteiger partial charge in [-0.15, -0.1) is 0 Å². The molecular formula is C11H13N3O5S. The Labute approximate surface area is 118 Å². The van der Waals surface area contributed by atoms with Crippen LogP contribution in [-0.2, 0) is 9.59 Å². The molecule has 0 spiro atoms. The molecule has 0 unspecified atom stereocenters. The van der Waals surface area contributed by atoms with Crippen LogP contribution in [0.25, 0.3) is 0 Å². The molecule has 0 aliphatic carbocycles. The molecule has 2 N–H and O–H groups in total. The van der Waals surface area contributed by atoms with E-state index in [1.165, 1.54) is 12.1 Å². The number of hydrogen-bond acceptors (Lipinski definition) is 6. The predicted molar refractivity (Wildman–Crippen MR) is 71.5 cm³/mol. The minimum Gasteiger partial charge on any atom is -0.481 e. The summed E-state index contributed by atoms with van der Waals surface area (Å²) in [5.74, 6) is -1.01. The maximum absolute atomic E-state index is 11.4. The average Bonchev–Trinajstić information content (AvgIpc) is 2.41. The molecule has 9 heteroatoms. The molecule has 1 aromatic rings. The van der Waals surface area contributed by atoms with Crippen molar-refractivity contribution in [1.29, 1.82) is 0 Å². The maximum atomic E-state index is 11.4. The first-order chi connectivity index (χ1) is 9.49. The topological polar surface area (TPSA) is 122 Å². The first-order valence-corrected chi connectivity index (χ1v) is 6.69. The van der Waals surface area contributed by atoms with E-state index in [0.29, 0.717) is 18.0 Å². The number of carboxylic acid groups (broad SMARTS) is 1. The second-order valence-electron chi connectivity index (χ2n) is 3.75.